The van der Waals surface area contributed by atoms with Gasteiger partial charge in [0.05, 0.1) is 9.13 Å². The number of aromatic nitrogens is 3. The minimum Gasteiger partial charge on any atom is -0.478 e. The monoisotopic (exact) mass is 359 g/mol. The van der Waals surface area contributed by atoms with Crippen molar-refractivity contribution >= 4 is 40.3 Å². The third kappa shape index (κ3) is 3.13. The Labute approximate surface area is 115 Å². The molecule has 0 amide bonds. The van der Waals surface area contributed by atoms with Crippen molar-refractivity contribution in [3.63, 3.8) is 0 Å². The van der Waals surface area contributed by atoms with E-state index in [-0.39, 0.29) is 5.56 Å². The van der Waals surface area contributed by atoms with Crippen molar-refractivity contribution in [2.75, 3.05) is 0 Å². The van der Waals surface area contributed by atoms with Gasteiger partial charge in [-0.1, -0.05) is 0 Å². The van der Waals surface area contributed by atoms with E-state index in [1.54, 1.807) is 6.20 Å². The minimum atomic E-state index is -0.966. The summed E-state index contributed by atoms with van der Waals surface area (Å²) in [7, 11) is 0. The van der Waals surface area contributed by atoms with E-state index in [0.29, 0.717) is 5.03 Å². The van der Waals surface area contributed by atoms with Gasteiger partial charge in [-0.25, -0.2) is 19.7 Å². The lowest BCUT2D eigenvalue weighted by Gasteiger charge is -2.02. The van der Waals surface area contributed by atoms with E-state index in [2.05, 4.69) is 37.5 Å². The van der Waals surface area contributed by atoms with Crippen LogP contribution in [0.1, 0.15) is 10.4 Å². The maximum absolute atomic E-state index is 10.8. The summed E-state index contributed by atoms with van der Waals surface area (Å²) in [6, 6.07) is 2.97. The van der Waals surface area contributed by atoms with E-state index < -0.39 is 5.97 Å². The number of nitrogens with zero attached hydrogens (tertiary/aromatic N) is 3. The summed E-state index contributed by atoms with van der Waals surface area (Å²) in [6.07, 6.45) is 4.61. The lowest BCUT2D eigenvalue weighted by molar-refractivity contribution is 0.0696. The average Bonchev–Trinajstić information content (AvgIpc) is 2.32. The van der Waals surface area contributed by atoms with Gasteiger partial charge in [0.15, 0.2) is 0 Å². The molecule has 5 nitrogen and oxygen atoms in total. The molecule has 0 saturated heterocycles. The number of rotatable bonds is 3. The van der Waals surface area contributed by atoms with Gasteiger partial charge in [0.1, 0.15) is 16.4 Å². The van der Waals surface area contributed by atoms with Crippen LogP contribution >= 0.6 is 34.4 Å². The summed E-state index contributed by atoms with van der Waals surface area (Å²) < 4.78 is 0.901. The first-order chi connectivity index (χ1) is 8.16. The van der Waals surface area contributed by atoms with Crippen molar-refractivity contribution in [3.05, 3.63) is 40.0 Å². The van der Waals surface area contributed by atoms with Crippen LogP contribution in [0.2, 0.25) is 0 Å². The van der Waals surface area contributed by atoms with Gasteiger partial charge in [0.2, 0.25) is 0 Å². The number of hydrogen-bond donors (Lipinski definition) is 1. The van der Waals surface area contributed by atoms with Crippen LogP contribution in [-0.4, -0.2) is 26.0 Å². The predicted octanol–water partition coefficient (Wildman–Crippen LogP) is 2.33. The molecule has 7 heteroatoms. The van der Waals surface area contributed by atoms with Crippen LogP contribution in [-0.2, 0) is 0 Å². The Kier molecular flexibility index (Phi) is 3.89. The normalized spacial score (nSPS) is 10.2. The molecule has 0 saturated carbocycles. The lowest BCUT2D eigenvalue weighted by atomic mass is 10.3. The van der Waals surface area contributed by atoms with Gasteiger partial charge in [0, 0.05) is 12.4 Å². The highest BCUT2D eigenvalue weighted by molar-refractivity contribution is 14.1. The zero-order valence-electron chi connectivity index (χ0n) is 8.37. The van der Waals surface area contributed by atoms with E-state index >= 15 is 0 Å². The fourth-order valence-corrected chi connectivity index (χ4v) is 2.45. The van der Waals surface area contributed by atoms with Crippen molar-refractivity contribution in [1.82, 2.24) is 15.0 Å². The Morgan fingerprint density at radius 3 is 2.94 bits per heavy atom. The Morgan fingerprint density at radius 2 is 2.24 bits per heavy atom. The standard InChI is InChI=1S/C10H6IN3O2S/c11-7-4-12-5-14-9(7)17-8-3-6(10(15)16)1-2-13-8/h1-5H,(H,15,16). The van der Waals surface area contributed by atoms with Crippen LogP contribution in [0.5, 0.6) is 0 Å². The Bertz CT molecular complexity index is 565. The number of halogens is 1. The summed E-state index contributed by atoms with van der Waals surface area (Å²) in [4.78, 5) is 22.9. The zero-order valence-corrected chi connectivity index (χ0v) is 11.3. The fraction of sp³-hybridized carbons (Fsp3) is 0. The SMILES string of the molecule is O=C(O)c1ccnc(Sc2ncncc2I)c1. The van der Waals surface area contributed by atoms with Gasteiger partial charge in [0.25, 0.3) is 0 Å². The van der Waals surface area contributed by atoms with Crippen LogP contribution in [0, 0.1) is 3.57 Å². The van der Waals surface area contributed by atoms with Crippen LogP contribution < -0.4 is 0 Å². The third-order valence-corrected chi connectivity index (χ3v) is 3.92. The van der Waals surface area contributed by atoms with Crippen LogP contribution in [0.15, 0.2) is 40.9 Å². The van der Waals surface area contributed by atoms with Crippen LogP contribution in [0.3, 0.4) is 0 Å². The first-order valence-corrected chi connectivity index (χ1v) is 6.39. The van der Waals surface area contributed by atoms with Gasteiger partial charge in [-0.05, 0) is 46.5 Å². The summed E-state index contributed by atoms with van der Waals surface area (Å²) in [5, 5.41) is 10.2. The molecule has 0 aromatic carbocycles. The third-order valence-electron chi connectivity index (χ3n) is 1.82. The van der Waals surface area contributed by atoms with Crippen molar-refractivity contribution < 1.29 is 9.90 Å². The number of carbonyl (C=O) groups is 1. The topological polar surface area (TPSA) is 76.0 Å². The second-order valence-electron chi connectivity index (χ2n) is 2.97. The summed E-state index contributed by atoms with van der Waals surface area (Å²) >= 11 is 3.43. The first kappa shape index (κ1) is 12.2. The van der Waals surface area contributed by atoms with E-state index in [0.717, 1.165) is 8.60 Å². The van der Waals surface area contributed by atoms with E-state index in [4.69, 9.17) is 5.11 Å². The van der Waals surface area contributed by atoms with Crippen molar-refractivity contribution in [3.8, 4) is 0 Å². The molecule has 0 unspecified atom stereocenters. The molecule has 0 bridgehead atoms. The maximum atomic E-state index is 10.8. The Balaban J connectivity index is 2.28. The van der Waals surface area contributed by atoms with Gasteiger partial charge in [-0.15, -0.1) is 0 Å². The van der Waals surface area contributed by atoms with E-state index in [9.17, 15) is 4.79 Å². The minimum absolute atomic E-state index is 0.214. The van der Waals surface area contributed by atoms with Gasteiger partial charge in [-0.3, -0.25) is 0 Å². The molecule has 2 heterocycles. The fourth-order valence-electron chi connectivity index (χ4n) is 1.07. The summed E-state index contributed by atoms with van der Waals surface area (Å²) in [5.74, 6) is -0.966. The average molecular weight is 359 g/mol. The first-order valence-electron chi connectivity index (χ1n) is 4.49. The molecule has 2 rings (SSSR count). The molecule has 0 radical (unpaired) electrons. The molecule has 1 N–H and O–H groups in total. The second kappa shape index (κ2) is 5.41. The van der Waals surface area contributed by atoms with E-state index in [1.807, 2.05) is 0 Å². The van der Waals surface area contributed by atoms with Crippen molar-refractivity contribution in [1.29, 1.82) is 0 Å². The molecule has 0 atom stereocenters. The smallest absolute Gasteiger partial charge is 0.335 e. The molecule has 17 heavy (non-hydrogen) atoms. The number of hydrogen-bond acceptors (Lipinski definition) is 5. The highest BCUT2D eigenvalue weighted by Gasteiger charge is 2.08. The summed E-state index contributed by atoms with van der Waals surface area (Å²) in [5.41, 5.74) is 0.214. The maximum Gasteiger partial charge on any atom is 0.335 e. The highest BCUT2D eigenvalue weighted by atomic mass is 127. The number of aromatic carboxylic acids is 1. The highest BCUT2D eigenvalue weighted by Crippen LogP contribution is 2.27. The number of carboxylic acid groups (broad SMARTS) is 1. The van der Waals surface area contributed by atoms with Crippen molar-refractivity contribution in [2.24, 2.45) is 0 Å². The molecular weight excluding hydrogens is 353 g/mol. The Hall–Kier alpha value is -1.22. The molecule has 0 aliphatic carbocycles. The van der Waals surface area contributed by atoms with Crippen molar-refractivity contribution in [2.45, 2.75) is 10.1 Å². The molecule has 0 fully saturated rings. The molecule has 2 aromatic heterocycles. The van der Waals surface area contributed by atoms with Gasteiger partial charge in [-0.2, -0.15) is 0 Å². The summed E-state index contributed by atoms with van der Waals surface area (Å²) in [6.45, 7) is 0. The number of carboxylic acids is 1. The molecule has 2 aromatic rings. The molecule has 86 valence electrons. The lowest BCUT2D eigenvalue weighted by Crippen LogP contribution is -1.97. The van der Waals surface area contributed by atoms with Crippen LogP contribution in [0.25, 0.3) is 0 Å². The Morgan fingerprint density at radius 1 is 1.41 bits per heavy atom. The largest absolute Gasteiger partial charge is 0.478 e. The van der Waals surface area contributed by atoms with Gasteiger partial charge < -0.3 is 5.11 Å². The molecule has 0 aliphatic rings. The number of pyridine rings is 1. The molecular formula is C10H6IN3O2S. The second-order valence-corrected chi connectivity index (χ2v) is 5.14. The molecule has 0 aliphatic heterocycles. The van der Waals surface area contributed by atoms with Crippen LogP contribution in [0.4, 0.5) is 0 Å². The predicted molar refractivity (Wildman–Crippen MR) is 70.1 cm³/mol. The van der Waals surface area contributed by atoms with E-state index in [1.165, 1.54) is 36.4 Å². The molecule has 0 spiro atoms. The zero-order chi connectivity index (χ0) is 12.3. The quantitative estimate of drug-likeness (QED) is 0.670. The van der Waals surface area contributed by atoms with Gasteiger partial charge >= 0.3 is 5.97 Å².